The van der Waals surface area contributed by atoms with Gasteiger partial charge in [-0.05, 0) is 12.3 Å². The van der Waals surface area contributed by atoms with Gasteiger partial charge in [0.2, 0.25) is 15.9 Å². The number of amides is 1. The molecule has 8 nitrogen and oxygen atoms in total. The first kappa shape index (κ1) is 17.4. The standard InChI is InChI=1S/C15H24N4O4S/c1-11-5-14(11)15(20)19-3-4-23-13(9-19)10-24(21,22)17-7-12-6-16-18(2)8-12/h6,8,11,13-14,17H,3-5,7,9-10H2,1-2H3/t11-,13+,14-/m1/s1. The number of carbonyl (C=O) groups excluding carboxylic acids is 1. The van der Waals surface area contributed by atoms with Gasteiger partial charge in [0.1, 0.15) is 0 Å². The smallest absolute Gasteiger partial charge is 0.226 e. The normalized spacial score (nSPS) is 27.2. The number of nitrogens with one attached hydrogen (secondary N) is 1. The van der Waals surface area contributed by atoms with Gasteiger partial charge in [-0.25, -0.2) is 13.1 Å². The van der Waals surface area contributed by atoms with Gasteiger partial charge < -0.3 is 9.64 Å². The van der Waals surface area contributed by atoms with Crippen molar-refractivity contribution in [2.24, 2.45) is 18.9 Å². The van der Waals surface area contributed by atoms with E-state index in [2.05, 4.69) is 16.7 Å². The lowest BCUT2D eigenvalue weighted by Gasteiger charge is -2.33. The van der Waals surface area contributed by atoms with E-state index in [-0.39, 0.29) is 24.1 Å². The molecule has 1 aliphatic heterocycles. The minimum atomic E-state index is -3.48. The van der Waals surface area contributed by atoms with Gasteiger partial charge in [-0.1, -0.05) is 6.92 Å². The molecule has 0 aromatic carbocycles. The van der Waals surface area contributed by atoms with Crippen LogP contribution in [-0.4, -0.2) is 60.6 Å². The molecule has 1 amide bonds. The fourth-order valence-corrected chi connectivity index (χ4v) is 4.18. The lowest BCUT2D eigenvalue weighted by molar-refractivity contribution is -0.139. The molecule has 0 bridgehead atoms. The van der Waals surface area contributed by atoms with Gasteiger partial charge in [-0.15, -0.1) is 0 Å². The third-order valence-electron chi connectivity index (χ3n) is 4.54. The number of rotatable bonds is 6. The SMILES string of the molecule is C[C@@H]1C[C@H]1C(=O)N1CCO[C@H](CS(=O)(=O)NCc2cnn(C)c2)C1. The van der Waals surface area contributed by atoms with Gasteiger partial charge in [-0.2, -0.15) is 5.10 Å². The maximum atomic E-state index is 12.3. The van der Waals surface area contributed by atoms with Crippen molar-refractivity contribution in [3.63, 3.8) is 0 Å². The second-order valence-corrected chi connectivity index (χ2v) is 8.57. The van der Waals surface area contributed by atoms with E-state index in [4.69, 9.17) is 4.74 Å². The lowest BCUT2D eigenvalue weighted by Crippen LogP contribution is -2.49. The van der Waals surface area contributed by atoms with Crippen LogP contribution < -0.4 is 4.72 Å². The van der Waals surface area contributed by atoms with Gasteiger partial charge in [0.15, 0.2) is 0 Å². The quantitative estimate of drug-likeness (QED) is 0.757. The van der Waals surface area contributed by atoms with E-state index in [0.29, 0.717) is 25.6 Å². The first-order valence-corrected chi connectivity index (χ1v) is 9.84. The van der Waals surface area contributed by atoms with Crippen molar-refractivity contribution in [2.75, 3.05) is 25.4 Å². The number of aryl methyl sites for hydroxylation is 1. The average Bonchev–Trinajstić information content (AvgIpc) is 3.10. The second kappa shape index (κ2) is 6.81. The highest BCUT2D eigenvalue weighted by molar-refractivity contribution is 7.89. The van der Waals surface area contributed by atoms with E-state index >= 15 is 0 Å². The third-order valence-corrected chi connectivity index (χ3v) is 5.93. The number of ether oxygens (including phenoxy) is 1. The number of aromatic nitrogens is 2. The Kier molecular flexibility index (Phi) is 4.93. The number of carbonyl (C=O) groups is 1. The van der Waals surface area contributed by atoms with Crippen molar-refractivity contribution in [1.29, 1.82) is 0 Å². The van der Waals surface area contributed by atoms with Crippen LogP contribution in [0.5, 0.6) is 0 Å². The molecular weight excluding hydrogens is 332 g/mol. The van der Waals surface area contributed by atoms with Crippen LogP contribution >= 0.6 is 0 Å². The average molecular weight is 356 g/mol. The molecule has 2 fully saturated rings. The molecule has 3 rings (SSSR count). The molecule has 1 aromatic rings. The van der Waals surface area contributed by atoms with Crippen molar-refractivity contribution in [2.45, 2.75) is 26.0 Å². The summed E-state index contributed by atoms with van der Waals surface area (Å²) >= 11 is 0. The summed E-state index contributed by atoms with van der Waals surface area (Å²) < 4.78 is 34.2. The van der Waals surface area contributed by atoms with Crippen LogP contribution in [0.25, 0.3) is 0 Å². The molecule has 1 saturated carbocycles. The van der Waals surface area contributed by atoms with E-state index in [1.165, 1.54) is 0 Å². The Hall–Kier alpha value is -1.45. The largest absolute Gasteiger partial charge is 0.373 e. The second-order valence-electron chi connectivity index (χ2n) is 6.72. The van der Waals surface area contributed by atoms with Gasteiger partial charge in [0, 0.05) is 44.4 Å². The summed E-state index contributed by atoms with van der Waals surface area (Å²) in [4.78, 5) is 14.0. The predicted octanol–water partition coefficient (Wildman–Crippen LogP) is -0.277. The Morgan fingerprint density at radius 1 is 1.50 bits per heavy atom. The van der Waals surface area contributed by atoms with Crippen LogP contribution in [0.15, 0.2) is 12.4 Å². The number of hydrogen-bond acceptors (Lipinski definition) is 5. The summed E-state index contributed by atoms with van der Waals surface area (Å²) in [6, 6.07) is 0. The molecule has 1 aliphatic carbocycles. The molecular formula is C15H24N4O4S. The Labute approximate surface area is 142 Å². The minimum absolute atomic E-state index is 0.115. The molecule has 1 N–H and O–H groups in total. The van der Waals surface area contributed by atoms with Crippen LogP contribution in [0.3, 0.4) is 0 Å². The molecule has 3 atom stereocenters. The van der Waals surface area contributed by atoms with Gasteiger partial charge in [0.25, 0.3) is 0 Å². The van der Waals surface area contributed by atoms with Gasteiger partial charge in [-0.3, -0.25) is 9.48 Å². The Morgan fingerprint density at radius 2 is 2.25 bits per heavy atom. The molecule has 24 heavy (non-hydrogen) atoms. The summed E-state index contributed by atoms with van der Waals surface area (Å²) in [6.45, 7) is 3.53. The molecule has 2 aliphatic rings. The highest BCUT2D eigenvalue weighted by Crippen LogP contribution is 2.39. The van der Waals surface area contributed by atoms with E-state index in [1.54, 1.807) is 29.0 Å². The van der Waals surface area contributed by atoms with Crippen molar-refractivity contribution in [3.05, 3.63) is 18.0 Å². The summed E-state index contributed by atoms with van der Waals surface area (Å²) in [6.07, 6.45) is 3.84. The van der Waals surface area contributed by atoms with Crippen LogP contribution in [0, 0.1) is 11.8 Å². The van der Waals surface area contributed by atoms with Crippen LogP contribution in [-0.2, 0) is 33.1 Å². The topological polar surface area (TPSA) is 93.5 Å². The first-order chi connectivity index (χ1) is 11.3. The van der Waals surface area contributed by atoms with Crippen molar-refractivity contribution >= 4 is 15.9 Å². The van der Waals surface area contributed by atoms with E-state index in [0.717, 1.165) is 12.0 Å². The fraction of sp³-hybridized carbons (Fsp3) is 0.733. The van der Waals surface area contributed by atoms with E-state index < -0.39 is 16.1 Å². The third kappa shape index (κ3) is 4.34. The van der Waals surface area contributed by atoms with Crippen LogP contribution in [0.4, 0.5) is 0 Å². The van der Waals surface area contributed by atoms with Crippen molar-refractivity contribution < 1.29 is 17.9 Å². The van der Waals surface area contributed by atoms with Gasteiger partial charge in [0.05, 0.1) is 24.7 Å². The molecule has 0 spiro atoms. The monoisotopic (exact) mass is 356 g/mol. The zero-order chi connectivity index (χ0) is 17.3. The maximum absolute atomic E-state index is 12.3. The first-order valence-electron chi connectivity index (χ1n) is 8.19. The maximum Gasteiger partial charge on any atom is 0.226 e. The molecule has 1 aromatic heterocycles. The highest BCUT2D eigenvalue weighted by atomic mass is 32.2. The Bertz CT molecular complexity index is 702. The van der Waals surface area contributed by atoms with Crippen molar-refractivity contribution in [1.82, 2.24) is 19.4 Å². The van der Waals surface area contributed by atoms with Crippen molar-refractivity contribution in [3.8, 4) is 0 Å². The Balaban J connectivity index is 1.51. The number of nitrogens with zero attached hydrogens (tertiary/aromatic N) is 3. The summed E-state index contributed by atoms with van der Waals surface area (Å²) in [7, 11) is -1.71. The fourth-order valence-electron chi connectivity index (χ4n) is 2.98. The van der Waals surface area contributed by atoms with Gasteiger partial charge >= 0.3 is 0 Å². The zero-order valence-corrected chi connectivity index (χ0v) is 14.8. The van der Waals surface area contributed by atoms with Crippen LogP contribution in [0.2, 0.25) is 0 Å². The summed E-state index contributed by atoms with van der Waals surface area (Å²) in [5.74, 6) is 0.557. The zero-order valence-electron chi connectivity index (χ0n) is 14.0. The minimum Gasteiger partial charge on any atom is -0.373 e. The molecule has 0 unspecified atom stereocenters. The van der Waals surface area contributed by atoms with E-state index in [1.807, 2.05) is 0 Å². The molecule has 134 valence electrons. The number of sulfonamides is 1. The summed E-state index contributed by atoms with van der Waals surface area (Å²) in [5.41, 5.74) is 0.796. The summed E-state index contributed by atoms with van der Waals surface area (Å²) in [5, 5.41) is 4.00. The molecule has 1 saturated heterocycles. The molecule has 0 radical (unpaired) electrons. The number of hydrogen-bond donors (Lipinski definition) is 1. The number of morpholine rings is 1. The Morgan fingerprint density at radius 3 is 2.88 bits per heavy atom. The predicted molar refractivity (Wildman–Crippen MR) is 87.4 cm³/mol. The molecule has 9 heteroatoms. The highest BCUT2D eigenvalue weighted by Gasteiger charge is 2.42. The molecule has 2 heterocycles. The lowest BCUT2D eigenvalue weighted by atomic mass is 10.2. The van der Waals surface area contributed by atoms with Crippen LogP contribution in [0.1, 0.15) is 18.9 Å². The van der Waals surface area contributed by atoms with E-state index in [9.17, 15) is 13.2 Å².